The van der Waals surface area contributed by atoms with Gasteiger partial charge in [0.05, 0.1) is 6.61 Å². The fourth-order valence-electron chi connectivity index (χ4n) is 7.04. The van der Waals surface area contributed by atoms with Gasteiger partial charge >= 0.3 is 11.9 Å². The van der Waals surface area contributed by atoms with E-state index in [0.717, 1.165) is 148 Å². The molecule has 5 nitrogen and oxygen atoms in total. The van der Waals surface area contributed by atoms with Gasteiger partial charge in [-0.15, -0.1) is 0 Å². The molecule has 0 aromatic carbocycles. The molecule has 0 fully saturated rings. The summed E-state index contributed by atoms with van der Waals surface area (Å²) in [5.74, 6) is -0.649. The Balaban J connectivity index is 3.70. The lowest BCUT2D eigenvalue weighted by Gasteiger charge is -2.15. The monoisotopic (exact) mass is 975 g/mol. The first kappa shape index (κ1) is 66.3. The van der Waals surface area contributed by atoms with E-state index in [4.69, 9.17) is 9.47 Å². The topological polar surface area (TPSA) is 72.8 Å². The lowest BCUT2D eigenvalue weighted by atomic mass is 10.1. The van der Waals surface area contributed by atoms with Gasteiger partial charge in [0.15, 0.2) is 6.10 Å². The average molecular weight is 976 g/mol. The highest BCUT2D eigenvalue weighted by molar-refractivity contribution is 5.70. The molecule has 0 saturated heterocycles. The number of allylic oxidation sites excluding steroid dienone is 28. The molecule has 0 aliphatic rings. The largest absolute Gasteiger partial charge is 0.462 e. The van der Waals surface area contributed by atoms with Crippen LogP contribution in [-0.4, -0.2) is 36.4 Å². The fourth-order valence-corrected chi connectivity index (χ4v) is 7.04. The molecule has 0 rings (SSSR count). The Morgan fingerprint density at radius 3 is 0.915 bits per heavy atom. The van der Waals surface area contributed by atoms with Crippen LogP contribution >= 0.6 is 0 Å². The summed E-state index contributed by atoms with van der Waals surface area (Å²) in [6.45, 7) is 3.96. The Bertz CT molecular complexity index is 1620. The summed E-state index contributed by atoms with van der Waals surface area (Å²) in [5, 5.41) is 9.62. The van der Waals surface area contributed by atoms with Gasteiger partial charge in [-0.25, -0.2) is 0 Å². The van der Waals surface area contributed by atoms with Crippen LogP contribution in [0.25, 0.3) is 0 Å². The van der Waals surface area contributed by atoms with Crippen molar-refractivity contribution >= 4 is 11.9 Å². The van der Waals surface area contributed by atoms with E-state index in [0.29, 0.717) is 12.8 Å². The van der Waals surface area contributed by atoms with E-state index >= 15 is 0 Å². The Kier molecular flexibility index (Phi) is 55.6. The van der Waals surface area contributed by atoms with Gasteiger partial charge < -0.3 is 14.6 Å². The Morgan fingerprint density at radius 2 is 0.606 bits per heavy atom. The molecule has 0 radical (unpaired) electrons. The van der Waals surface area contributed by atoms with E-state index in [-0.39, 0.29) is 25.2 Å². The second-order valence-corrected chi connectivity index (χ2v) is 17.9. The van der Waals surface area contributed by atoms with E-state index < -0.39 is 6.10 Å². The molecule has 0 saturated carbocycles. The molecule has 0 spiro atoms. The maximum Gasteiger partial charge on any atom is 0.306 e. The van der Waals surface area contributed by atoms with Crippen molar-refractivity contribution in [1.29, 1.82) is 0 Å². The number of aliphatic hydroxyl groups excluding tert-OH is 1. The first-order valence-corrected chi connectivity index (χ1v) is 28.2. The van der Waals surface area contributed by atoms with Crippen LogP contribution < -0.4 is 0 Å². The van der Waals surface area contributed by atoms with Gasteiger partial charge in [-0.1, -0.05) is 235 Å². The van der Waals surface area contributed by atoms with E-state index in [1.807, 2.05) is 0 Å². The molecule has 0 aliphatic heterocycles. The lowest BCUT2D eigenvalue weighted by molar-refractivity contribution is -0.161. The second-order valence-electron chi connectivity index (χ2n) is 17.9. The van der Waals surface area contributed by atoms with Crippen LogP contribution in [0.1, 0.15) is 213 Å². The Morgan fingerprint density at radius 1 is 0.338 bits per heavy atom. The highest BCUT2D eigenvalue weighted by Gasteiger charge is 2.16. The molecule has 0 aromatic rings. The molecule has 1 unspecified atom stereocenters. The maximum absolute atomic E-state index is 12.3. The summed E-state index contributed by atoms with van der Waals surface area (Å²) in [6.07, 6.45) is 93.2. The summed E-state index contributed by atoms with van der Waals surface area (Å²) in [5.41, 5.74) is 0. The van der Waals surface area contributed by atoms with Gasteiger partial charge in [-0.3, -0.25) is 9.59 Å². The summed E-state index contributed by atoms with van der Waals surface area (Å²) < 4.78 is 10.6. The predicted molar refractivity (Wildman–Crippen MR) is 310 cm³/mol. The zero-order valence-corrected chi connectivity index (χ0v) is 45.2. The standard InChI is InChI=1S/C66H102O5/c1-3-5-7-9-11-13-15-17-19-21-22-23-24-25-26-27-28-29-30-31-32-33-34-35-36-37-38-39-40-41-42-43-44-45-47-49-51-53-55-57-59-61-66(69)71-64(62-67)63-70-65(68)60-58-56-54-52-50-48-46-20-18-16-14-12-10-8-6-4-2/h5,7,11,13-14,16-17,19-20,22-23,25-26,28-29,31-32,34-35,37-38,40-41,43-44,46-47,49,64,67H,3-4,6,8-10,12,15,18,21,24,27,30,33,36,39,42,45,48,50-63H2,1-2H3/b7-5-,13-11-,16-14-,19-17-,23-22-,26-25-,29-28-,32-31-,35-34-,38-37-,41-40-,44-43-,46-20-,49-47-. The minimum absolute atomic E-state index is 0.0942. The second kappa shape index (κ2) is 59.6. The van der Waals surface area contributed by atoms with Crippen molar-refractivity contribution in [3.63, 3.8) is 0 Å². The molecule has 1 N–H and O–H groups in total. The van der Waals surface area contributed by atoms with Crippen molar-refractivity contribution in [2.75, 3.05) is 13.2 Å². The molecule has 71 heavy (non-hydrogen) atoms. The number of esters is 2. The number of unbranched alkanes of at least 4 members (excludes halogenated alkanes) is 13. The first-order valence-electron chi connectivity index (χ1n) is 28.2. The van der Waals surface area contributed by atoms with Crippen LogP contribution in [0.4, 0.5) is 0 Å². The molecule has 5 heteroatoms. The third-order valence-electron chi connectivity index (χ3n) is 11.2. The van der Waals surface area contributed by atoms with Crippen molar-refractivity contribution in [2.24, 2.45) is 0 Å². The molecule has 1 atom stereocenters. The van der Waals surface area contributed by atoms with Gasteiger partial charge in [0.1, 0.15) is 6.61 Å². The molecule has 0 aromatic heterocycles. The van der Waals surface area contributed by atoms with Crippen molar-refractivity contribution in [3.05, 3.63) is 170 Å². The van der Waals surface area contributed by atoms with Crippen molar-refractivity contribution in [3.8, 4) is 0 Å². The zero-order chi connectivity index (χ0) is 51.3. The van der Waals surface area contributed by atoms with E-state index in [1.54, 1.807) is 0 Å². The van der Waals surface area contributed by atoms with Gasteiger partial charge in [-0.2, -0.15) is 0 Å². The number of hydrogen-bond acceptors (Lipinski definition) is 5. The minimum Gasteiger partial charge on any atom is -0.462 e. The molecule has 0 amide bonds. The van der Waals surface area contributed by atoms with Gasteiger partial charge in [0.2, 0.25) is 0 Å². The summed E-state index contributed by atoms with van der Waals surface area (Å²) >= 11 is 0. The normalized spacial score (nSPS) is 13.6. The quantitative estimate of drug-likeness (QED) is 0.0374. The predicted octanol–water partition coefficient (Wildman–Crippen LogP) is 19.4. The number of carbonyl (C=O) groups excluding carboxylic acids is 2. The highest BCUT2D eigenvalue weighted by Crippen LogP contribution is 2.11. The van der Waals surface area contributed by atoms with E-state index in [2.05, 4.69) is 184 Å². The Labute approximate surface area is 436 Å². The van der Waals surface area contributed by atoms with Gasteiger partial charge in [0, 0.05) is 12.8 Å². The molecular weight excluding hydrogens is 873 g/mol. The molecular formula is C66H102O5. The number of carbonyl (C=O) groups is 2. The number of rotatable bonds is 49. The summed E-state index contributed by atoms with van der Waals surface area (Å²) in [7, 11) is 0. The van der Waals surface area contributed by atoms with Crippen molar-refractivity contribution in [2.45, 2.75) is 219 Å². The number of aliphatic hydroxyl groups is 1. The van der Waals surface area contributed by atoms with E-state index in [9.17, 15) is 14.7 Å². The van der Waals surface area contributed by atoms with Crippen molar-refractivity contribution < 1.29 is 24.2 Å². The van der Waals surface area contributed by atoms with Gasteiger partial charge in [-0.05, 0) is 135 Å². The molecule has 0 heterocycles. The summed E-state index contributed by atoms with van der Waals surface area (Å²) in [6, 6.07) is 0. The molecule has 0 aliphatic carbocycles. The lowest BCUT2D eigenvalue weighted by Crippen LogP contribution is -2.28. The number of ether oxygens (including phenoxy) is 2. The van der Waals surface area contributed by atoms with Crippen molar-refractivity contribution in [1.82, 2.24) is 0 Å². The van der Waals surface area contributed by atoms with Crippen LogP contribution in [0.2, 0.25) is 0 Å². The zero-order valence-electron chi connectivity index (χ0n) is 45.2. The van der Waals surface area contributed by atoms with Crippen LogP contribution in [0.3, 0.4) is 0 Å². The van der Waals surface area contributed by atoms with E-state index in [1.165, 1.54) is 38.5 Å². The fraction of sp³-hybridized carbons (Fsp3) is 0.545. The van der Waals surface area contributed by atoms with Crippen LogP contribution in [0, 0.1) is 0 Å². The highest BCUT2D eigenvalue weighted by atomic mass is 16.6. The number of hydrogen-bond donors (Lipinski definition) is 1. The minimum atomic E-state index is -0.804. The maximum atomic E-state index is 12.3. The van der Waals surface area contributed by atoms with Crippen LogP contribution in [0.15, 0.2) is 170 Å². The summed E-state index contributed by atoms with van der Waals surface area (Å²) in [4.78, 5) is 24.4. The first-order chi connectivity index (χ1) is 35.1. The average Bonchev–Trinajstić information content (AvgIpc) is 3.37. The third kappa shape index (κ3) is 57.7. The Hall–Kier alpha value is -4.74. The molecule has 0 bridgehead atoms. The molecule has 396 valence electrons. The SMILES string of the molecule is CC/C=C\C/C=C\C/C=C\C/C=C\C/C=C\C/C=C\C/C=C\C/C=C\C/C=C\C/C=C\C/C=C\C/C=C\CCCCCCC(=O)OC(CO)COC(=O)CCCCCCC/C=C\C/C=C\CCCCCC. The van der Waals surface area contributed by atoms with Crippen LogP contribution in [0.5, 0.6) is 0 Å². The van der Waals surface area contributed by atoms with Crippen LogP contribution in [-0.2, 0) is 19.1 Å². The smallest absolute Gasteiger partial charge is 0.306 e. The third-order valence-corrected chi connectivity index (χ3v) is 11.2. The van der Waals surface area contributed by atoms with Gasteiger partial charge in [0.25, 0.3) is 0 Å².